The van der Waals surface area contributed by atoms with Crippen molar-refractivity contribution >= 4 is 18.0 Å². The Labute approximate surface area is 206 Å². The van der Waals surface area contributed by atoms with E-state index >= 15 is 0 Å². The highest BCUT2D eigenvalue weighted by atomic mass is 16.5. The van der Waals surface area contributed by atoms with E-state index in [1.165, 1.54) is 22.3 Å². The summed E-state index contributed by atoms with van der Waals surface area (Å²) in [6, 6.07) is 16.5. The van der Waals surface area contributed by atoms with Crippen molar-refractivity contribution in [3.05, 3.63) is 59.7 Å². The second-order valence-corrected chi connectivity index (χ2v) is 10.3. The third-order valence-electron chi connectivity index (χ3n) is 7.33. The van der Waals surface area contributed by atoms with Gasteiger partial charge in [0.15, 0.2) is 0 Å². The van der Waals surface area contributed by atoms with Gasteiger partial charge >= 0.3 is 12.1 Å². The second kappa shape index (κ2) is 10.5. The molecule has 2 amide bonds. The molecule has 2 unspecified atom stereocenters. The normalized spacial score (nSPS) is 19.0. The fourth-order valence-corrected chi connectivity index (χ4v) is 5.15. The molecule has 0 saturated heterocycles. The number of carbonyl (C=O) groups is 3. The molecule has 0 radical (unpaired) electrons. The fraction of sp³-hybridized carbons (Fsp3) is 0.464. The summed E-state index contributed by atoms with van der Waals surface area (Å²) in [6.07, 6.45) is 2.76. The van der Waals surface area contributed by atoms with E-state index in [4.69, 9.17) is 9.84 Å². The molecule has 0 heterocycles. The predicted octanol–water partition coefficient (Wildman–Crippen LogP) is 4.70. The van der Waals surface area contributed by atoms with Crippen LogP contribution < -0.4 is 10.6 Å². The molecule has 4 rings (SSSR count). The fourth-order valence-electron chi connectivity index (χ4n) is 5.15. The Morgan fingerprint density at radius 2 is 1.63 bits per heavy atom. The van der Waals surface area contributed by atoms with Gasteiger partial charge in [-0.3, -0.25) is 9.59 Å². The SMILES string of the molecule is CC(C)(CCNC(=O)CC1CCC(NC(=O)OCC2c3ccccc3-c3ccccc32)C1)C(=O)O. The van der Waals surface area contributed by atoms with Crippen molar-refractivity contribution in [3.8, 4) is 11.1 Å². The van der Waals surface area contributed by atoms with Crippen LogP contribution in [0.15, 0.2) is 48.5 Å². The molecular formula is C28H34N2O5. The Kier molecular flexibility index (Phi) is 7.43. The summed E-state index contributed by atoms with van der Waals surface area (Å²) in [6.45, 7) is 3.92. The molecule has 7 heteroatoms. The number of carbonyl (C=O) groups excluding carboxylic acids is 2. The highest BCUT2D eigenvalue weighted by molar-refractivity contribution is 5.79. The number of nitrogens with one attached hydrogen (secondary N) is 2. The van der Waals surface area contributed by atoms with Gasteiger partial charge in [-0.2, -0.15) is 0 Å². The number of ether oxygens (including phenoxy) is 1. The number of fused-ring (bicyclic) bond motifs is 3. The van der Waals surface area contributed by atoms with E-state index in [9.17, 15) is 14.4 Å². The first-order chi connectivity index (χ1) is 16.7. The average Bonchev–Trinajstić information content (AvgIpc) is 3.39. The van der Waals surface area contributed by atoms with Crippen LogP contribution in [0.3, 0.4) is 0 Å². The van der Waals surface area contributed by atoms with E-state index in [1.54, 1.807) is 13.8 Å². The lowest BCUT2D eigenvalue weighted by Gasteiger charge is -2.19. The number of benzene rings is 2. The number of rotatable bonds is 9. The number of aliphatic carboxylic acids is 1. The number of hydrogen-bond acceptors (Lipinski definition) is 4. The monoisotopic (exact) mass is 478 g/mol. The summed E-state index contributed by atoms with van der Waals surface area (Å²) >= 11 is 0. The van der Waals surface area contributed by atoms with Crippen molar-refractivity contribution in [1.82, 2.24) is 10.6 Å². The van der Waals surface area contributed by atoms with Gasteiger partial charge in [-0.05, 0) is 67.7 Å². The summed E-state index contributed by atoms with van der Waals surface area (Å²) in [5.41, 5.74) is 3.89. The van der Waals surface area contributed by atoms with E-state index in [2.05, 4.69) is 34.9 Å². The van der Waals surface area contributed by atoms with Gasteiger partial charge in [0.1, 0.15) is 6.61 Å². The largest absolute Gasteiger partial charge is 0.481 e. The lowest BCUT2D eigenvalue weighted by atomic mass is 9.89. The van der Waals surface area contributed by atoms with Crippen LogP contribution in [0.5, 0.6) is 0 Å². The van der Waals surface area contributed by atoms with Crippen LogP contribution in [0.25, 0.3) is 11.1 Å². The summed E-state index contributed by atoms with van der Waals surface area (Å²) in [5.74, 6) is -0.719. The lowest BCUT2D eigenvalue weighted by molar-refractivity contribution is -0.147. The van der Waals surface area contributed by atoms with E-state index in [-0.39, 0.29) is 30.4 Å². The van der Waals surface area contributed by atoms with Crippen molar-refractivity contribution < 1.29 is 24.2 Å². The molecule has 0 spiro atoms. The Morgan fingerprint density at radius 3 is 2.26 bits per heavy atom. The molecule has 186 valence electrons. The molecule has 35 heavy (non-hydrogen) atoms. The van der Waals surface area contributed by atoms with Crippen LogP contribution in [-0.2, 0) is 14.3 Å². The van der Waals surface area contributed by atoms with Crippen molar-refractivity contribution in [2.75, 3.05) is 13.2 Å². The van der Waals surface area contributed by atoms with Gasteiger partial charge in [0, 0.05) is 24.9 Å². The first-order valence-corrected chi connectivity index (χ1v) is 12.4. The maximum Gasteiger partial charge on any atom is 0.407 e. The van der Waals surface area contributed by atoms with Crippen molar-refractivity contribution in [2.24, 2.45) is 11.3 Å². The van der Waals surface area contributed by atoms with Crippen molar-refractivity contribution in [3.63, 3.8) is 0 Å². The summed E-state index contributed by atoms with van der Waals surface area (Å²) in [5, 5.41) is 15.0. The van der Waals surface area contributed by atoms with Crippen molar-refractivity contribution in [2.45, 2.75) is 57.9 Å². The molecule has 1 fully saturated rings. The van der Waals surface area contributed by atoms with Gasteiger partial charge in [0.25, 0.3) is 0 Å². The smallest absolute Gasteiger partial charge is 0.407 e. The maximum absolute atomic E-state index is 12.5. The molecule has 7 nitrogen and oxygen atoms in total. The van der Waals surface area contributed by atoms with Gasteiger partial charge in [0.2, 0.25) is 5.91 Å². The zero-order valence-electron chi connectivity index (χ0n) is 20.4. The van der Waals surface area contributed by atoms with Crippen LogP contribution in [0.4, 0.5) is 4.79 Å². The molecule has 2 aliphatic carbocycles. The van der Waals surface area contributed by atoms with Gasteiger partial charge in [-0.15, -0.1) is 0 Å². The number of alkyl carbamates (subject to hydrolysis) is 1. The van der Waals surface area contributed by atoms with Crippen LogP contribution in [-0.4, -0.2) is 42.3 Å². The molecular weight excluding hydrogens is 444 g/mol. The molecule has 0 aliphatic heterocycles. The maximum atomic E-state index is 12.5. The molecule has 2 aromatic rings. The molecule has 2 aliphatic rings. The van der Waals surface area contributed by atoms with Gasteiger partial charge < -0.3 is 20.5 Å². The molecule has 0 aromatic heterocycles. The van der Waals surface area contributed by atoms with Crippen LogP contribution >= 0.6 is 0 Å². The predicted molar refractivity (Wildman–Crippen MR) is 133 cm³/mol. The van der Waals surface area contributed by atoms with Crippen LogP contribution in [0, 0.1) is 11.3 Å². The molecule has 2 aromatic carbocycles. The zero-order chi connectivity index (χ0) is 25.0. The van der Waals surface area contributed by atoms with E-state index < -0.39 is 17.5 Å². The first-order valence-electron chi connectivity index (χ1n) is 12.4. The topological polar surface area (TPSA) is 105 Å². The minimum Gasteiger partial charge on any atom is -0.481 e. The highest BCUT2D eigenvalue weighted by Crippen LogP contribution is 2.44. The molecule has 2 atom stereocenters. The number of hydrogen-bond donors (Lipinski definition) is 3. The average molecular weight is 479 g/mol. The second-order valence-electron chi connectivity index (χ2n) is 10.3. The third-order valence-corrected chi connectivity index (χ3v) is 7.33. The Hall–Kier alpha value is -3.35. The van der Waals surface area contributed by atoms with Crippen LogP contribution in [0.2, 0.25) is 0 Å². The lowest BCUT2D eigenvalue weighted by Crippen LogP contribution is -2.35. The highest BCUT2D eigenvalue weighted by Gasteiger charge is 2.31. The molecule has 0 bridgehead atoms. The molecule has 3 N–H and O–H groups in total. The summed E-state index contributed by atoms with van der Waals surface area (Å²) in [7, 11) is 0. The van der Waals surface area contributed by atoms with Gasteiger partial charge in [-0.25, -0.2) is 4.79 Å². The Balaban J connectivity index is 1.21. The number of amides is 2. The van der Waals surface area contributed by atoms with E-state index in [0.717, 1.165) is 19.3 Å². The Bertz CT molecular complexity index is 1050. The minimum atomic E-state index is -0.871. The third kappa shape index (κ3) is 5.84. The number of carboxylic acid groups (broad SMARTS) is 1. The van der Waals surface area contributed by atoms with E-state index in [1.807, 2.05) is 24.3 Å². The summed E-state index contributed by atoms with van der Waals surface area (Å²) < 4.78 is 5.64. The van der Waals surface area contributed by atoms with Gasteiger partial charge in [-0.1, -0.05) is 48.5 Å². The number of carboxylic acids is 1. The van der Waals surface area contributed by atoms with Gasteiger partial charge in [0.05, 0.1) is 5.41 Å². The molecule has 1 saturated carbocycles. The van der Waals surface area contributed by atoms with Crippen LogP contribution in [0.1, 0.15) is 63.0 Å². The Morgan fingerprint density at radius 1 is 1.00 bits per heavy atom. The summed E-state index contributed by atoms with van der Waals surface area (Å²) in [4.78, 5) is 36.0. The zero-order valence-corrected chi connectivity index (χ0v) is 20.4. The quantitative estimate of drug-likeness (QED) is 0.485. The first kappa shape index (κ1) is 24.8. The minimum absolute atomic E-state index is 0.00519. The standard InChI is InChI=1S/C28H34N2O5/c1-28(2,26(32)33)13-14-29-25(31)16-18-11-12-19(15-18)30-27(34)35-17-24-22-9-5-3-7-20(22)21-8-4-6-10-23(21)24/h3-10,18-19,24H,11-17H2,1-2H3,(H,29,31)(H,30,34)(H,32,33). The van der Waals surface area contributed by atoms with Crippen molar-refractivity contribution in [1.29, 1.82) is 0 Å². The van der Waals surface area contributed by atoms with E-state index in [0.29, 0.717) is 19.4 Å².